The number of halogens is 2. The summed E-state index contributed by atoms with van der Waals surface area (Å²) in [7, 11) is 0. The number of ether oxygens (including phenoxy) is 1. The van der Waals surface area contributed by atoms with E-state index in [1.54, 1.807) is 46.2 Å². The number of likely N-dealkylation sites (tertiary alicyclic amines) is 1. The molecule has 214 valence electrons. The van der Waals surface area contributed by atoms with Gasteiger partial charge in [-0.15, -0.1) is 0 Å². The molecule has 7 nitrogen and oxygen atoms in total. The first-order chi connectivity index (χ1) is 19.7. The van der Waals surface area contributed by atoms with E-state index in [2.05, 4.69) is 5.32 Å². The van der Waals surface area contributed by atoms with Crippen molar-refractivity contribution >= 4 is 23.4 Å². The summed E-state index contributed by atoms with van der Waals surface area (Å²) in [4.78, 5) is 42.4. The summed E-state index contributed by atoms with van der Waals surface area (Å²) in [6.07, 6.45) is -0.740. The second kappa shape index (κ2) is 12.2. The number of hydrogen-bond acceptors (Lipinski definition) is 4. The van der Waals surface area contributed by atoms with Gasteiger partial charge in [-0.3, -0.25) is 14.4 Å². The monoisotopic (exact) mass is 561 g/mol. The number of carbonyl (C=O) groups is 3. The molecule has 5 rings (SSSR count). The minimum atomic E-state index is -1.58. The maximum absolute atomic E-state index is 15.2. The zero-order valence-electron chi connectivity index (χ0n) is 23.1. The third-order valence-electron chi connectivity index (χ3n) is 7.64. The Hall–Kier alpha value is -4.11. The summed E-state index contributed by atoms with van der Waals surface area (Å²) in [6, 6.07) is 16.5. The third-order valence-corrected chi connectivity index (χ3v) is 7.64. The summed E-state index contributed by atoms with van der Waals surface area (Å²) >= 11 is 0. The second-order valence-corrected chi connectivity index (χ2v) is 10.6. The lowest BCUT2D eigenvalue weighted by Gasteiger charge is -2.36. The molecule has 1 N–H and O–H groups in total. The smallest absolute Gasteiger partial charge is 0.254 e. The van der Waals surface area contributed by atoms with Gasteiger partial charge < -0.3 is 19.9 Å². The van der Waals surface area contributed by atoms with E-state index in [9.17, 15) is 18.8 Å². The largest absolute Gasteiger partial charge is 0.372 e. The Labute approximate surface area is 238 Å². The minimum Gasteiger partial charge on any atom is -0.372 e. The molecule has 2 heterocycles. The van der Waals surface area contributed by atoms with Crippen molar-refractivity contribution in [1.29, 1.82) is 0 Å². The van der Waals surface area contributed by atoms with Crippen LogP contribution in [-0.4, -0.2) is 65.9 Å². The number of carbonyl (C=O) groups excluding carboxylic acids is 3. The van der Waals surface area contributed by atoms with E-state index in [-0.39, 0.29) is 47.5 Å². The Morgan fingerprint density at radius 2 is 1.71 bits per heavy atom. The van der Waals surface area contributed by atoms with Gasteiger partial charge in [-0.05, 0) is 72.5 Å². The molecule has 0 radical (unpaired) electrons. The maximum atomic E-state index is 15.2. The van der Waals surface area contributed by atoms with Crippen LogP contribution in [0.4, 0.5) is 14.5 Å². The molecule has 3 amide bonds. The van der Waals surface area contributed by atoms with Crippen molar-refractivity contribution in [3.8, 4) is 0 Å². The number of aryl methyl sites for hydroxylation is 1. The van der Waals surface area contributed by atoms with Crippen LogP contribution in [0.5, 0.6) is 0 Å². The Morgan fingerprint density at radius 1 is 0.976 bits per heavy atom. The van der Waals surface area contributed by atoms with Crippen molar-refractivity contribution in [2.24, 2.45) is 0 Å². The van der Waals surface area contributed by atoms with Gasteiger partial charge in [0.1, 0.15) is 5.82 Å². The molecule has 1 unspecified atom stereocenters. The van der Waals surface area contributed by atoms with Gasteiger partial charge in [0.05, 0.1) is 18.8 Å². The van der Waals surface area contributed by atoms with Crippen LogP contribution in [0.2, 0.25) is 0 Å². The molecule has 3 atom stereocenters. The Balaban J connectivity index is 1.29. The topological polar surface area (TPSA) is 79.0 Å². The van der Waals surface area contributed by atoms with E-state index in [0.29, 0.717) is 42.9 Å². The molecule has 0 aliphatic carbocycles. The standard InChI is InChI=1S/C32H33F2N3O4/c1-3-6-29(38)35-26-12-11-24(15-20(26)2)32(40)37-13-14-41-28-19-36(18-27(28)37)31(39)23-9-4-7-21(16-23)30(34)22-8-5-10-25(33)17-22/h4-5,7-12,15-17,27-28,30H,3,6,13-14,18-19H2,1-2H3,(H,35,38)/t27-,28+,30?/m0/s1. The van der Waals surface area contributed by atoms with E-state index in [0.717, 1.165) is 18.1 Å². The number of hydrogen-bond donors (Lipinski definition) is 1. The SMILES string of the molecule is CCCC(=O)Nc1ccc(C(=O)N2CCO[C@@H]3CN(C(=O)c4cccc(C(F)c5cccc(F)c5)c4)C[C@@H]32)cc1C. The van der Waals surface area contributed by atoms with Crippen LogP contribution in [-0.2, 0) is 9.53 Å². The second-order valence-electron chi connectivity index (χ2n) is 10.6. The zero-order valence-corrected chi connectivity index (χ0v) is 23.1. The molecular formula is C32H33F2N3O4. The van der Waals surface area contributed by atoms with Gasteiger partial charge in [0, 0.05) is 42.9 Å². The van der Waals surface area contributed by atoms with Crippen LogP contribution >= 0.6 is 0 Å². The molecule has 2 fully saturated rings. The predicted octanol–water partition coefficient (Wildman–Crippen LogP) is 5.30. The van der Waals surface area contributed by atoms with Crippen LogP contribution in [0.15, 0.2) is 66.7 Å². The van der Waals surface area contributed by atoms with Crippen molar-refractivity contribution in [3.63, 3.8) is 0 Å². The van der Waals surface area contributed by atoms with E-state index >= 15 is 4.39 Å². The number of anilines is 1. The molecule has 2 aliphatic heterocycles. The maximum Gasteiger partial charge on any atom is 0.254 e. The van der Waals surface area contributed by atoms with Gasteiger partial charge in [-0.25, -0.2) is 8.78 Å². The molecule has 9 heteroatoms. The fourth-order valence-electron chi connectivity index (χ4n) is 5.52. The first-order valence-corrected chi connectivity index (χ1v) is 13.9. The van der Waals surface area contributed by atoms with Crippen LogP contribution < -0.4 is 5.32 Å². The van der Waals surface area contributed by atoms with Crippen molar-refractivity contribution in [2.75, 3.05) is 31.6 Å². The fraction of sp³-hybridized carbons (Fsp3) is 0.344. The highest BCUT2D eigenvalue weighted by Crippen LogP contribution is 2.30. The first kappa shape index (κ1) is 28.4. The molecule has 0 spiro atoms. The average Bonchev–Trinajstić information content (AvgIpc) is 3.42. The number of nitrogens with zero attached hydrogens (tertiary/aromatic N) is 2. The summed E-state index contributed by atoms with van der Waals surface area (Å²) in [5, 5.41) is 2.88. The lowest BCUT2D eigenvalue weighted by Crippen LogP contribution is -2.53. The summed E-state index contributed by atoms with van der Waals surface area (Å²) in [5.74, 6) is -1.04. The number of amides is 3. The van der Waals surface area contributed by atoms with Gasteiger partial charge in [-0.2, -0.15) is 0 Å². The number of fused-ring (bicyclic) bond motifs is 1. The molecule has 0 aromatic heterocycles. The van der Waals surface area contributed by atoms with Crippen LogP contribution in [0.1, 0.15) is 63.3 Å². The van der Waals surface area contributed by atoms with Gasteiger partial charge in [0.15, 0.2) is 6.17 Å². The molecule has 3 aromatic rings. The summed E-state index contributed by atoms with van der Waals surface area (Å²) < 4.78 is 34.8. The molecule has 0 bridgehead atoms. The van der Waals surface area contributed by atoms with E-state index < -0.39 is 12.0 Å². The lowest BCUT2D eigenvalue weighted by atomic mass is 10.0. The highest BCUT2D eigenvalue weighted by molar-refractivity contribution is 5.97. The predicted molar refractivity (Wildman–Crippen MR) is 151 cm³/mol. The molecule has 41 heavy (non-hydrogen) atoms. The highest BCUT2D eigenvalue weighted by atomic mass is 19.1. The lowest BCUT2D eigenvalue weighted by molar-refractivity contribution is -0.116. The Kier molecular flexibility index (Phi) is 8.44. The van der Waals surface area contributed by atoms with Crippen molar-refractivity contribution in [2.45, 2.75) is 45.0 Å². The molecule has 0 saturated carbocycles. The third kappa shape index (κ3) is 6.15. The van der Waals surface area contributed by atoms with Crippen molar-refractivity contribution < 1.29 is 27.9 Å². The normalized spacial score (nSPS) is 19.0. The fourth-order valence-corrected chi connectivity index (χ4v) is 5.52. The van der Waals surface area contributed by atoms with Crippen LogP contribution in [0, 0.1) is 12.7 Å². The van der Waals surface area contributed by atoms with Gasteiger partial charge in [0.25, 0.3) is 11.8 Å². The van der Waals surface area contributed by atoms with E-state index in [1.807, 2.05) is 13.8 Å². The number of morpholine rings is 1. The highest BCUT2D eigenvalue weighted by Gasteiger charge is 2.44. The summed E-state index contributed by atoms with van der Waals surface area (Å²) in [5.41, 5.74) is 2.71. The Bertz CT molecular complexity index is 1460. The molecule has 2 aliphatic rings. The number of benzene rings is 3. The van der Waals surface area contributed by atoms with E-state index in [1.165, 1.54) is 24.3 Å². The van der Waals surface area contributed by atoms with Gasteiger partial charge >= 0.3 is 0 Å². The van der Waals surface area contributed by atoms with Crippen LogP contribution in [0.3, 0.4) is 0 Å². The number of nitrogens with one attached hydrogen (secondary N) is 1. The van der Waals surface area contributed by atoms with Crippen LogP contribution in [0.25, 0.3) is 0 Å². The molecular weight excluding hydrogens is 528 g/mol. The Morgan fingerprint density at radius 3 is 2.44 bits per heavy atom. The van der Waals surface area contributed by atoms with E-state index in [4.69, 9.17) is 4.74 Å². The zero-order chi connectivity index (χ0) is 29.1. The quantitative estimate of drug-likeness (QED) is 0.425. The molecule has 2 saturated heterocycles. The summed E-state index contributed by atoms with van der Waals surface area (Å²) in [6.45, 7) is 5.12. The van der Waals surface area contributed by atoms with Gasteiger partial charge in [0.2, 0.25) is 5.91 Å². The van der Waals surface area contributed by atoms with Gasteiger partial charge in [-0.1, -0.05) is 31.2 Å². The number of alkyl halides is 1. The minimum absolute atomic E-state index is 0.0667. The first-order valence-electron chi connectivity index (χ1n) is 13.9. The molecule has 3 aromatic carbocycles. The average molecular weight is 562 g/mol. The van der Waals surface area contributed by atoms with Crippen molar-refractivity contribution in [3.05, 3.63) is 100 Å². The number of rotatable bonds is 7. The van der Waals surface area contributed by atoms with Crippen molar-refractivity contribution in [1.82, 2.24) is 9.80 Å².